The van der Waals surface area contributed by atoms with Crippen molar-refractivity contribution in [3.05, 3.63) is 59.7 Å². The van der Waals surface area contributed by atoms with Crippen molar-refractivity contribution in [2.24, 2.45) is 0 Å². The Morgan fingerprint density at radius 3 is 2.65 bits per heavy atom. The van der Waals surface area contributed by atoms with Crippen molar-refractivity contribution in [3.8, 4) is 5.75 Å². The highest BCUT2D eigenvalue weighted by Gasteiger charge is 2.16. The number of halogens is 1. The first-order chi connectivity index (χ1) is 11.0. The van der Waals surface area contributed by atoms with Crippen molar-refractivity contribution in [1.29, 1.82) is 0 Å². The molecule has 0 saturated carbocycles. The van der Waals surface area contributed by atoms with E-state index < -0.39 is 12.0 Å². The lowest BCUT2D eigenvalue weighted by atomic mass is 10.1. The van der Waals surface area contributed by atoms with Gasteiger partial charge in [-0.05, 0) is 43.7 Å². The van der Waals surface area contributed by atoms with Gasteiger partial charge in [-0.1, -0.05) is 12.1 Å². The number of rotatable bonds is 6. The molecular weight excluding hydrogens is 299 g/mol. The topological polar surface area (TPSA) is 71.5 Å². The van der Waals surface area contributed by atoms with Crippen molar-refractivity contribution in [2.45, 2.75) is 26.1 Å². The SMILES string of the molecule is CC(C)Oc1cccnc1C(=O)NCC(O)c1ccc(F)cc1. The van der Waals surface area contributed by atoms with Crippen LogP contribution in [0.5, 0.6) is 5.75 Å². The number of pyridine rings is 1. The maximum Gasteiger partial charge on any atom is 0.273 e. The number of carbonyl (C=O) groups excluding carboxylic acids is 1. The number of amides is 1. The lowest BCUT2D eigenvalue weighted by Crippen LogP contribution is -2.29. The summed E-state index contributed by atoms with van der Waals surface area (Å²) in [5, 5.41) is 12.6. The van der Waals surface area contributed by atoms with E-state index in [1.807, 2.05) is 13.8 Å². The van der Waals surface area contributed by atoms with Crippen molar-refractivity contribution >= 4 is 5.91 Å². The molecule has 1 heterocycles. The zero-order valence-electron chi connectivity index (χ0n) is 13.0. The van der Waals surface area contributed by atoms with Crippen LogP contribution in [-0.2, 0) is 0 Å². The highest BCUT2D eigenvalue weighted by Crippen LogP contribution is 2.17. The molecule has 0 saturated heterocycles. The van der Waals surface area contributed by atoms with Crippen LogP contribution < -0.4 is 10.1 Å². The second-order valence-corrected chi connectivity index (χ2v) is 5.29. The minimum atomic E-state index is -0.933. The maximum atomic E-state index is 12.9. The molecule has 6 heteroatoms. The first kappa shape index (κ1) is 16.9. The normalized spacial score (nSPS) is 12.0. The third-order valence-corrected chi connectivity index (χ3v) is 3.06. The zero-order chi connectivity index (χ0) is 16.8. The first-order valence-electron chi connectivity index (χ1n) is 7.30. The number of nitrogens with zero attached hydrogens (tertiary/aromatic N) is 1. The number of aromatic nitrogens is 1. The van der Waals surface area contributed by atoms with Gasteiger partial charge in [-0.2, -0.15) is 0 Å². The number of ether oxygens (including phenoxy) is 1. The lowest BCUT2D eigenvalue weighted by Gasteiger charge is -2.15. The van der Waals surface area contributed by atoms with Crippen LogP contribution in [0.2, 0.25) is 0 Å². The number of hydrogen-bond acceptors (Lipinski definition) is 4. The lowest BCUT2D eigenvalue weighted by molar-refractivity contribution is 0.0905. The smallest absolute Gasteiger partial charge is 0.273 e. The van der Waals surface area contributed by atoms with Crippen molar-refractivity contribution in [2.75, 3.05) is 6.54 Å². The molecule has 23 heavy (non-hydrogen) atoms. The van der Waals surface area contributed by atoms with Gasteiger partial charge in [0.15, 0.2) is 11.4 Å². The van der Waals surface area contributed by atoms with Crippen molar-refractivity contribution in [3.63, 3.8) is 0 Å². The van der Waals surface area contributed by atoms with Gasteiger partial charge in [0, 0.05) is 12.7 Å². The van der Waals surface area contributed by atoms with Gasteiger partial charge in [0.2, 0.25) is 0 Å². The first-order valence-corrected chi connectivity index (χ1v) is 7.30. The molecule has 1 aromatic carbocycles. The Kier molecular flexibility index (Phi) is 5.65. The van der Waals surface area contributed by atoms with E-state index in [-0.39, 0.29) is 24.2 Å². The summed E-state index contributed by atoms with van der Waals surface area (Å²) in [6.45, 7) is 3.70. The predicted molar refractivity (Wildman–Crippen MR) is 83.7 cm³/mol. The fraction of sp³-hybridized carbons (Fsp3) is 0.294. The fourth-order valence-corrected chi connectivity index (χ4v) is 1.99. The molecule has 0 fully saturated rings. The number of nitrogens with one attached hydrogen (secondary N) is 1. The number of aliphatic hydroxyl groups excluding tert-OH is 1. The molecule has 0 bridgehead atoms. The Hall–Kier alpha value is -2.47. The molecule has 1 aromatic heterocycles. The molecular formula is C17H19FN2O3. The van der Waals surface area contributed by atoms with E-state index in [4.69, 9.17) is 4.74 Å². The Morgan fingerprint density at radius 2 is 2.00 bits per heavy atom. The van der Waals surface area contributed by atoms with Gasteiger partial charge in [-0.15, -0.1) is 0 Å². The molecule has 2 aromatic rings. The zero-order valence-corrected chi connectivity index (χ0v) is 13.0. The summed E-state index contributed by atoms with van der Waals surface area (Å²) >= 11 is 0. The van der Waals surface area contributed by atoms with Gasteiger partial charge in [0.1, 0.15) is 5.82 Å². The molecule has 1 unspecified atom stereocenters. The summed E-state index contributed by atoms with van der Waals surface area (Å²) in [4.78, 5) is 16.2. The minimum Gasteiger partial charge on any atom is -0.489 e. The van der Waals surface area contributed by atoms with E-state index in [0.717, 1.165) is 0 Å². The molecule has 0 spiro atoms. The molecule has 2 rings (SSSR count). The number of aliphatic hydroxyl groups is 1. The maximum absolute atomic E-state index is 12.9. The molecule has 5 nitrogen and oxygen atoms in total. The standard InChI is InChI=1S/C17H19FN2O3/c1-11(2)23-15-4-3-9-19-16(15)17(22)20-10-14(21)12-5-7-13(18)8-6-12/h3-9,11,14,21H,10H2,1-2H3,(H,20,22). The van der Waals surface area contributed by atoms with Crippen LogP contribution in [0.4, 0.5) is 4.39 Å². The summed E-state index contributed by atoms with van der Waals surface area (Å²) in [6, 6.07) is 8.81. The summed E-state index contributed by atoms with van der Waals surface area (Å²) in [7, 11) is 0. The van der Waals surface area contributed by atoms with E-state index in [1.165, 1.54) is 30.5 Å². The number of carbonyl (C=O) groups is 1. The second-order valence-electron chi connectivity index (χ2n) is 5.29. The molecule has 0 aliphatic carbocycles. The molecule has 1 atom stereocenters. The Bertz CT molecular complexity index is 659. The van der Waals surface area contributed by atoms with E-state index in [0.29, 0.717) is 11.3 Å². The Morgan fingerprint density at radius 1 is 1.30 bits per heavy atom. The fourth-order valence-electron chi connectivity index (χ4n) is 1.99. The summed E-state index contributed by atoms with van der Waals surface area (Å²) in [5.41, 5.74) is 0.680. The number of hydrogen-bond donors (Lipinski definition) is 2. The monoisotopic (exact) mass is 318 g/mol. The van der Waals surface area contributed by atoms with Gasteiger partial charge < -0.3 is 15.2 Å². The van der Waals surface area contributed by atoms with E-state index in [2.05, 4.69) is 10.3 Å². The van der Waals surface area contributed by atoms with Gasteiger partial charge in [0.05, 0.1) is 12.2 Å². The highest BCUT2D eigenvalue weighted by molar-refractivity contribution is 5.94. The van der Waals surface area contributed by atoms with Crippen LogP contribution in [0.3, 0.4) is 0 Å². The van der Waals surface area contributed by atoms with Crippen LogP contribution >= 0.6 is 0 Å². The Balaban J connectivity index is 2.01. The molecule has 122 valence electrons. The average Bonchev–Trinajstić information content (AvgIpc) is 2.53. The predicted octanol–water partition coefficient (Wildman–Crippen LogP) is 2.47. The summed E-state index contributed by atoms with van der Waals surface area (Å²) < 4.78 is 18.4. The van der Waals surface area contributed by atoms with Crippen LogP contribution in [-0.4, -0.2) is 28.6 Å². The average molecular weight is 318 g/mol. The quantitative estimate of drug-likeness (QED) is 0.858. The molecule has 1 amide bonds. The second kappa shape index (κ2) is 7.69. The van der Waals surface area contributed by atoms with E-state index in [1.54, 1.807) is 12.1 Å². The molecule has 0 radical (unpaired) electrons. The van der Waals surface area contributed by atoms with Crippen LogP contribution in [0.1, 0.15) is 36.0 Å². The van der Waals surface area contributed by atoms with Crippen molar-refractivity contribution in [1.82, 2.24) is 10.3 Å². The Labute approximate surface area is 134 Å². The van der Waals surface area contributed by atoms with Gasteiger partial charge in [-0.3, -0.25) is 4.79 Å². The summed E-state index contributed by atoms with van der Waals surface area (Å²) in [6.07, 6.45) is 0.478. The van der Waals surface area contributed by atoms with Gasteiger partial charge in [-0.25, -0.2) is 9.37 Å². The molecule has 0 aliphatic heterocycles. The summed E-state index contributed by atoms with van der Waals surface area (Å²) in [5.74, 6) is -0.437. The van der Waals surface area contributed by atoms with Crippen LogP contribution in [0, 0.1) is 5.82 Å². The third kappa shape index (κ3) is 4.75. The molecule has 0 aliphatic rings. The van der Waals surface area contributed by atoms with E-state index >= 15 is 0 Å². The number of benzene rings is 1. The largest absolute Gasteiger partial charge is 0.489 e. The van der Waals surface area contributed by atoms with Crippen LogP contribution in [0.15, 0.2) is 42.6 Å². The van der Waals surface area contributed by atoms with E-state index in [9.17, 15) is 14.3 Å². The van der Waals surface area contributed by atoms with Gasteiger partial charge in [0.25, 0.3) is 5.91 Å². The minimum absolute atomic E-state index is 0.0117. The van der Waals surface area contributed by atoms with Crippen LogP contribution in [0.25, 0.3) is 0 Å². The third-order valence-electron chi connectivity index (χ3n) is 3.06. The van der Waals surface area contributed by atoms with Gasteiger partial charge >= 0.3 is 0 Å². The highest BCUT2D eigenvalue weighted by atomic mass is 19.1. The van der Waals surface area contributed by atoms with Crippen molar-refractivity contribution < 1.29 is 19.0 Å². The molecule has 2 N–H and O–H groups in total.